The number of hydrogen-bond donors (Lipinski definition) is 2. The molecule has 0 aliphatic rings. The van der Waals surface area contributed by atoms with Crippen molar-refractivity contribution in [3.05, 3.63) is 56.5 Å². The first kappa shape index (κ1) is 34.1. The van der Waals surface area contributed by atoms with Crippen LogP contribution in [0.25, 0.3) is 0 Å². The van der Waals surface area contributed by atoms with Gasteiger partial charge in [-0.3, -0.25) is 9.59 Å². The van der Waals surface area contributed by atoms with Crippen LogP contribution in [0.1, 0.15) is 102 Å². The SMILES string of the molecule is CCC(C)c1ccc(OCC(=O)NCCCCCCCCNC(=O)COc2ccc(C(C)CC)cc2Br)c(Br)c1. The number of amides is 2. The molecule has 8 heteroatoms. The van der Waals surface area contributed by atoms with Crippen LogP contribution in [0.15, 0.2) is 45.3 Å². The van der Waals surface area contributed by atoms with E-state index in [4.69, 9.17) is 9.47 Å². The highest BCUT2D eigenvalue weighted by Gasteiger charge is 2.10. The molecule has 6 nitrogen and oxygen atoms in total. The van der Waals surface area contributed by atoms with E-state index in [2.05, 4.69) is 94.5 Å². The number of carbonyl (C=O) groups excluding carboxylic acids is 2. The molecule has 2 atom stereocenters. The van der Waals surface area contributed by atoms with E-state index in [1.165, 1.54) is 11.1 Å². The minimum Gasteiger partial charge on any atom is -0.483 e. The van der Waals surface area contributed by atoms with E-state index in [1.54, 1.807) is 0 Å². The van der Waals surface area contributed by atoms with Gasteiger partial charge in [-0.2, -0.15) is 0 Å². The van der Waals surface area contributed by atoms with Gasteiger partial charge in [0, 0.05) is 13.1 Å². The summed E-state index contributed by atoms with van der Waals surface area (Å²) in [4.78, 5) is 24.2. The molecule has 40 heavy (non-hydrogen) atoms. The van der Waals surface area contributed by atoms with Gasteiger partial charge in [-0.05, 0) is 105 Å². The quantitative estimate of drug-likeness (QED) is 0.146. The molecule has 0 fully saturated rings. The Bertz CT molecular complexity index is 980. The van der Waals surface area contributed by atoms with Crippen LogP contribution in [0.2, 0.25) is 0 Å². The number of halogens is 2. The maximum atomic E-state index is 12.1. The lowest BCUT2D eigenvalue weighted by Crippen LogP contribution is -2.29. The highest BCUT2D eigenvalue weighted by atomic mass is 79.9. The number of benzene rings is 2. The number of ether oxygens (including phenoxy) is 2. The first-order chi connectivity index (χ1) is 19.2. The van der Waals surface area contributed by atoms with Crippen molar-refractivity contribution in [2.45, 2.75) is 90.9 Å². The van der Waals surface area contributed by atoms with Gasteiger partial charge in [-0.1, -0.05) is 65.5 Å². The van der Waals surface area contributed by atoms with Crippen molar-refractivity contribution in [2.75, 3.05) is 26.3 Å². The van der Waals surface area contributed by atoms with E-state index in [1.807, 2.05) is 12.1 Å². The van der Waals surface area contributed by atoms with Gasteiger partial charge in [-0.15, -0.1) is 0 Å². The van der Waals surface area contributed by atoms with Gasteiger partial charge in [0.15, 0.2) is 13.2 Å². The van der Waals surface area contributed by atoms with Crippen molar-refractivity contribution >= 4 is 43.7 Å². The van der Waals surface area contributed by atoms with Crippen molar-refractivity contribution in [3.63, 3.8) is 0 Å². The fourth-order valence-electron chi connectivity index (χ4n) is 4.15. The molecule has 2 unspecified atom stereocenters. The lowest BCUT2D eigenvalue weighted by atomic mass is 9.99. The summed E-state index contributed by atoms with van der Waals surface area (Å²) in [7, 11) is 0. The zero-order valence-electron chi connectivity index (χ0n) is 24.5. The molecule has 2 N–H and O–H groups in total. The highest BCUT2D eigenvalue weighted by Crippen LogP contribution is 2.31. The van der Waals surface area contributed by atoms with Gasteiger partial charge in [0.25, 0.3) is 11.8 Å². The van der Waals surface area contributed by atoms with Gasteiger partial charge in [-0.25, -0.2) is 0 Å². The molecule has 0 saturated heterocycles. The molecule has 2 aromatic rings. The first-order valence-corrected chi connectivity index (χ1v) is 16.2. The van der Waals surface area contributed by atoms with Crippen molar-refractivity contribution in [3.8, 4) is 11.5 Å². The zero-order chi connectivity index (χ0) is 29.3. The average Bonchev–Trinajstić information content (AvgIpc) is 2.95. The second-order valence-electron chi connectivity index (χ2n) is 10.4. The number of rotatable bonds is 19. The molecule has 0 spiro atoms. The molecule has 0 radical (unpaired) electrons. The largest absolute Gasteiger partial charge is 0.483 e. The Morgan fingerprint density at radius 1 is 0.675 bits per heavy atom. The number of hydrogen-bond acceptors (Lipinski definition) is 4. The Labute approximate surface area is 257 Å². The minimum atomic E-state index is -0.104. The summed E-state index contributed by atoms with van der Waals surface area (Å²) in [6.45, 7) is 10.1. The van der Waals surface area contributed by atoms with E-state index in [0.717, 1.165) is 60.3 Å². The van der Waals surface area contributed by atoms with Crippen molar-refractivity contribution < 1.29 is 19.1 Å². The van der Waals surface area contributed by atoms with Crippen LogP contribution in [0, 0.1) is 0 Å². The Kier molecular flexibility index (Phi) is 16.3. The van der Waals surface area contributed by atoms with Crippen LogP contribution in [-0.4, -0.2) is 38.1 Å². The summed E-state index contributed by atoms with van der Waals surface area (Å²) in [5.74, 6) is 2.15. The predicted molar refractivity (Wildman–Crippen MR) is 170 cm³/mol. The third-order valence-electron chi connectivity index (χ3n) is 7.24. The fourth-order valence-corrected chi connectivity index (χ4v) is 5.18. The van der Waals surface area contributed by atoms with Crippen LogP contribution in [0.4, 0.5) is 0 Å². The standard InChI is InChI=1S/C32H46Br2N2O4/c1-5-23(3)25-13-15-29(27(33)19-25)39-21-31(37)35-17-11-9-7-8-10-12-18-36-32(38)22-40-30-16-14-26(20-28(30)34)24(4)6-2/h13-16,19-20,23-24H,5-12,17-18,21-22H2,1-4H3,(H,35,37)(H,36,38). The molecule has 0 bridgehead atoms. The van der Waals surface area contributed by atoms with Crippen LogP contribution in [0.3, 0.4) is 0 Å². The Morgan fingerprint density at radius 2 is 1.05 bits per heavy atom. The Morgan fingerprint density at radius 3 is 1.40 bits per heavy atom. The molecule has 0 heterocycles. The molecule has 0 aromatic heterocycles. The number of unbranched alkanes of at least 4 members (excludes halogenated alkanes) is 5. The van der Waals surface area contributed by atoms with E-state index in [0.29, 0.717) is 36.4 Å². The second kappa shape index (κ2) is 19.1. The normalized spacial score (nSPS) is 12.4. The molecule has 0 aliphatic heterocycles. The maximum absolute atomic E-state index is 12.1. The summed E-state index contributed by atoms with van der Waals surface area (Å²) in [5.41, 5.74) is 2.52. The molecule has 2 rings (SSSR count). The van der Waals surface area contributed by atoms with Crippen LogP contribution in [-0.2, 0) is 9.59 Å². The maximum Gasteiger partial charge on any atom is 0.257 e. The molecule has 0 saturated carbocycles. The minimum absolute atomic E-state index is 0.0137. The molecule has 0 aliphatic carbocycles. The average molecular weight is 683 g/mol. The summed E-state index contributed by atoms with van der Waals surface area (Å²) in [6, 6.07) is 12.1. The predicted octanol–water partition coefficient (Wildman–Crippen LogP) is 8.27. The summed E-state index contributed by atoms with van der Waals surface area (Å²) >= 11 is 7.09. The highest BCUT2D eigenvalue weighted by molar-refractivity contribution is 9.10. The lowest BCUT2D eigenvalue weighted by Gasteiger charge is -2.13. The topological polar surface area (TPSA) is 76.7 Å². The number of carbonyl (C=O) groups is 2. The third kappa shape index (κ3) is 12.6. The van der Waals surface area contributed by atoms with Gasteiger partial charge < -0.3 is 20.1 Å². The summed E-state index contributed by atoms with van der Waals surface area (Å²) < 4.78 is 13.1. The van der Waals surface area contributed by atoms with Crippen molar-refractivity contribution in [1.82, 2.24) is 10.6 Å². The van der Waals surface area contributed by atoms with Gasteiger partial charge >= 0.3 is 0 Å². The second-order valence-corrected chi connectivity index (χ2v) is 12.1. The molecule has 222 valence electrons. The van der Waals surface area contributed by atoms with Gasteiger partial charge in [0.1, 0.15) is 11.5 Å². The Hall–Kier alpha value is -2.06. The van der Waals surface area contributed by atoms with Gasteiger partial charge in [0.05, 0.1) is 8.95 Å². The van der Waals surface area contributed by atoms with Crippen LogP contribution >= 0.6 is 31.9 Å². The van der Waals surface area contributed by atoms with Crippen molar-refractivity contribution in [1.29, 1.82) is 0 Å². The smallest absolute Gasteiger partial charge is 0.257 e. The Balaban J connectivity index is 1.46. The fraction of sp³-hybridized carbons (Fsp3) is 0.562. The van der Waals surface area contributed by atoms with E-state index >= 15 is 0 Å². The monoisotopic (exact) mass is 680 g/mol. The van der Waals surface area contributed by atoms with Crippen LogP contribution in [0.5, 0.6) is 11.5 Å². The summed E-state index contributed by atoms with van der Waals surface area (Å²) in [5, 5.41) is 5.86. The molecular formula is C32H46Br2N2O4. The zero-order valence-corrected chi connectivity index (χ0v) is 27.7. The van der Waals surface area contributed by atoms with Gasteiger partial charge in [0.2, 0.25) is 0 Å². The first-order valence-electron chi connectivity index (χ1n) is 14.6. The summed E-state index contributed by atoms with van der Waals surface area (Å²) in [6.07, 6.45) is 8.40. The number of nitrogens with one attached hydrogen (secondary N) is 2. The van der Waals surface area contributed by atoms with Crippen molar-refractivity contribution in [2.24, 2.45) is 0 Å². The molecular weight excluding hydrogens is 636 g/mol. The lowest BCUT2D eigenvalue weighted by molar-refractivity contribution is -0.123. The van der Waals surface area contributed by atoms with E-state index < -0.39 is 0 Å². The van der Waals surface area contributed by atoms with Crippen LogP contribution < -0.4 is 20.1 Å². The van der Waals surface area contributed by atoms with E-state index in [9.17, 15) is 9.59 Å². The third-order valence-corrected chi connectivity index (χ3v) is 8.48. The molecule has 2 amide bonds. The molecule has 2 aromatic carbocycles. The van der Waals surface area contributed by atoms with E-state index in [-0.39, 0.29) is 25.0 Å².